The maximum Gasteiger partial charge on any atom is 0.189 e. The zero-order chi connectivity index (χ0) is 9.45. The number of rotatable bonds is 7. The summed E-state index contributed by atoms with van der Waals surface area (Å²) < 4.78 is 5.95. The molecule has 0 heterocycles. The molecule has 0 rings (SSSR count). The van der Waals surface area contributed by atoms with Crippen molar-refractivity contribution in [1.82, 2.24) is 0 Å². The van der Waals surface area contributed by atoms with E-state index in [1.165, 1.54) is 18.5 Å². The van der Waals surface area contributed by atoms with Gasteiger partial charge in [-0.05, 0) is 31.5 Å². The molecule has 74 valence electrons. The van der Waals surface area contributed by atoms with Gasteiger partial charge in [-0.25, -0.2) is 0 Å². The molecular weight excluding hydrogens is 232 g/mol. The van der Waals surface area contributed by atoms with Crippen molar-refractivity contribution in [2.45, 2.75) is 45.3 Å². The van der Waals surface area contributed by atoms with Gasteiger partial charge in [0.15, 0.2) is 8.32 Å². The van der Waals surface area contributed by atoms with Gasteiger partial charge in [0, 0.05) is 11.9 Å². The van der Waals surface area contributed by atoms with Crippen LogP contribution < -0.4 is 0 Å². The molecule has 0 saturated carbocycles. The van der Waals surface area contributed by atoms with Crippen LogP contribution in [0.4, 0.5) is 0 Å². The summed E-state index contributed by atoms with van der Waals surface area (Å²) in [6.45, 7) is 7.75. The zero-order valence-electron chi connectivity index (χ0n) is 8.53. The second-order valence-electron chi connectivity index (χ2n) is 3.44. The van der Waals surface area contributed by atoms with Crippen molar-refractivity contribution < 1.29 is 4.43 Å². The molecule has 0 N–H and O–H groups in total. The lowest BCUT2D eigenvalue weighted by atomic mass is 10.5. The number of hydrogen-bond donors (Lipinski definition) is 0. The largest absolute Gasteiger partial charge is 0.417 e. The van der Waals surface area contributed by atoms with E-state index in [2.05, 4.69) is 36.3 Å². The Bertz CT molecular complexity index is 101. The van der Waals surface area contributed by atoms with E-state index in [0.29, 0.717) is 0 Å². The van der Waals surface area contributed by atoms with Crippen LogP contribution in [0.2, 0.25) is 18.6 Å². The molecule has 1 atom stereocenters. The van der Waals surface area contributed by atoms with Crippen molar-refractivity contribution in [2.75, 3.05) is 11.9 Å². The van der Waals surface area contributed by atoms with Crippen molar-refractivity contribution in [3.63, 3.8) is 0 Å². The van der Waals surface area contributed by atoms with Crippen molar-refractivity contribution in [3.05, 3.63) is 0 Å². The summed E-state index contributed by atoms with van der Waals surface area (Å²) in [4.78, 5) is 0. The molecule has 0 bridgehead atoms. The van der Waals surface area contributed by atoms with Gasteiger partial charge in [-0.2, -0.15) is 0 Å². The second kappa shape index (κ2) is 7.10. The van der Waals surface area contributed by atoms with Gasteiger partial charge in [-0.1, -0.05) is 29.8 Å². The van der Waals surface area contributed by atoms with Crippen LogP contribution in [-0.4, -0.2) is 20.3 Å². The third-order valence-corrected chi connectivity index (χ3v) is 6.61. The molecule has 0 aliphatic heterocycles. The Morgan fingerprint density at radius 2 is 2.00 bits per heavy atom. The first-order chi connectivity index (χ1) is 5.68. The van der Waals surface area contributed by atoms with E-state index in [0.717, 1.165) is 18.4 Å². The van der Waals surface area contributed by atoms with E-state index in [9.17, 15) is 0 Å². The summed E-state index contributed by atoms with van der Waals surface area (Å²) in [6.07, 6.45) is 2.41. The van der Waals surface area contributed by atoms with Gasteiger partial charge in [0.1, 0.15) is 0 Å². The third-order valence-electron chi connectivity index (χ3n) is 2.24. The van der Waals surface area contributed by atoms with Crippen LogP contribution in [0.3, 0.4) is 0 Å². The number of alkyl halides is 1. The summed E-state index contributed by atoms with van der Waals surface area (Å²) >= 11 is 3.47. The van der Waals surface area contributed by atoms with Crippen LogP contribution in [0.15, 0.2) is 0 Å². The molecule has 0 aromatic carbocycles. The second-order valence-corrected chi connectivity index (χ2v) is 8.63. The summed E-state index contributed by atoms with van der Waals surface area (Å²) in [5, 5.41) is 1.12. The first-order valence-electron chi connectivity index (χ1n) is 4.88. The predicted octanol–water partition coefficient (Wildman–Crippen LogP) is 3.79. The Labute approximate surface area is 86.1 Å². The van der Waals surface area contributed by atoms with E-state index in [4.69, 9.17) is 4.43 Å². The molecule has 12 heavy (non-hydrogen) atoms. The van der Waals surface area contributed by atoms with Crippen LogP contribution >= 0.6 is 15.9 Å². The maximum absolute atomic E-state index is 5.95. The molecule has 1 unspecified atom stereocenters. The topological polar surface area (TPSA) is 9.23 Å². The first-order valence-corrected chi connectivity index (χ1v) is 8.83. The number of halogens is 1. The molecule has 0 aromatic rings. The minimum Gasteiger partial charge on any atom is -0.417 e. The van der Waals surface area contributed by atoms with Crippen molar-refractivity contribution in [2.24, 2.45) is 0 Å². The molecule has 0 amide bonds. The quantitative estimate of drug-likeness (QED) is 0.495. The smallest absolute Gasteiger partial charge is 0.189 e. The molecule has 0 aromatic heterocycles. The van der Waals surface area contributed by atoms with Crippen LogP contribution in [0.25, 0.3) is 0 Å². The summed E-state index contributed by atoms with van der Waals surface area (Å²) in [6, 6.07) is 2.55. The van der Waals surface area contributed by atoms with Crippen LogP contribution in [0.1, 0.15) is 26.7 Å². The number of hydrogen-bond acceptors (Lipinski definition) is 1. The fourth-order valence-corrected chi connectivity index (χ4v) is 4.26. The lowest BCUT2D eigenvalue weighted by Crippen LogP contribution is -2.33. The molecular formula is C9H21BrOSi. The summed E-state index contributed by atoms with van der Waals surface area (Å²) in [5.41, 5.74) is 0. The van der Waals surface area contributed by atoms with Crippen LogP contribution in [0.5, 0.6) is 0 Å². The maximum atomic E-state index is 5.95. The van der Waals surface area contributed by atoms with Gasteiger partial charge >= 0.3 is 0 Å². The molecule has 1 nitrogen and oxygen atoms in total. The fourth-order valence-electron chi connectivity index (χ4n) is 1.14. The Hall–Kier alpha value is 0.657. The third kappa shape index (κ3) is 5.33. The monoisotopic (exact) mass is 252 g/mol. The lowest BCUT2D eigenvalue weighted by Gasteiger charge is -2.25. The molecule has 0 spiro atoms. The zero-order valence-corrected chi connectivity index (χ0v) is 11.1. The average molecular weight is 253 g/mol. The van der Waals surface area contributed by atoms with E-state index >= 15 is 0 Å². The highest BCUT2D eigenvalue weighted by Crippen LogP contribution is 2.19. The minimum absolute atomic E-state index is 0.957. The van der Waals surface area contributed by atoms with Crippen molar-refractivity contribution >= 4 is 24.2 Å². The molecule has 0 fully saturated rings. The first kappa shape index (κ1) is 12.7. The molecule has 3 heteroatoms. The Morgan fingerprint density at radius 3 is 2.42 bits per heavy atom. The molecule has 0 aliphatic carbocycles. The summed E-state index contributed by atoms with van der Waals surface area (Å²) in [7, 11) is -1.30. The van der Waals surface area contributed by atoms with Crippen molar-refractivity contribution in [1.29, 1.82) is 0 Å². The molecule has 0 saturated heterocycles. The van der Waals surface area contributed by atoms with Gasteiger partial charge < -0.3 is 4.43 Å². The standard InChI is InChI=1S/C9H21BrOSi/c1-4-8-11-12(3,5-2)9-6-7-10/h4-9H2,1-3H3. The van der Waals surface area contributed by atoms with E-state index in [-0.39, 0.29) is 0 Å². The van der Waals surface area contributed by atoms with Gasteiger partial charge in [0.25, 0.3) is 0 Å². The Kier molecular flexibility index (Phi) is 7.49. The lowest BCUT2D eigenvalue weighted by molar-refractivity contribution is 0.302. The molecule has 0 aliphatic rings. The highest BCUT2D eigenvalue weighted by Gasteiger charge is 2.25. The van der Waals surface area contributed by atoms with Gasteiger partial charge in [-0.15, -0.1) is 0 Å². The van der Waals surface area contributed by atoms with Crippen molar-refractivity contribution in [3.8, 4) is 0 Å². The van der Waals surface area contributed by atoms with Crippen LogP contribution in [-0.2, 0) is 4.43 Å². The fraction of sp³-hybridized carbons (Fsp3) is 1.00. The summed E-state index contributed by atoms with van der Waals surface area (Å²) in [5.74, 6) is 0. The van der Waals surface area contributed by atoms with Gasteiger partial charge in [0.2, 0.25) is 0 Å². The van der Waals surface area contributed by atoms with E-state index in [1.54, 1.807) is 0 Å². The SMILES string of the molecule is CCCO[Si](C)(CC)CCCBr. The highest BCUT2D eigenvalue weighted by molar-refractivity contribution is 9.09. The Balaban J connectivity index is 3.70. The van der Waals surface area contributed by atoms with E-state index in [1.807, 2.05) is 0 Å². The minimum atomic E-state index is -1.30. The van der Waals surface area contributed by atoms with Crippen LogP contribution in [0, 0.1) is 0 Å². The van der Waals surface area contributed by atoms with E-state index < -0.39 is 8.32 Å². The average Bonchev–Trinajstić information content (AvgIpc) is 2.11. The Morgan fingerprint density at radius 1 is 1.33 bits per heavy atom. The highest BCUT2D eigenvalue weighted by atomic mass is 79.9. The van der Waals surface area contributed by atoms with Gasteiger partial charge in [0.05, 0.1) is 0 Å². The van der Waals surface area contributed by atoms with Gasteiger partial charge in [-0.3, -0.25) is 0 Å². The molecule has 0 radical (unpaired) electrons. The normalized spacial score (nSPS) is 16.0. The predicted molar refractivity (Wildman–Crippen MR) is 61.6 cm³/mol.